The lowest BCUT2D eigenvalue weighted by Crippen LogP contribution is -2.54. The molecule has 0 saturated heterocycles. The van der Waals surface area contributed by atoms with E-state index in [0.717, 1.165) is 30.8 Å². The van der Waals surface area contributed by atoms with Gasteiger partial charge in [0, 0.05) is 29.4 Å². The van der Waals surface area contributed by atoms with E-state index in [1.807, 2.05) is 0 Å². The lowest BCUT2D eigenvalue weighted by molar-refractivity contribution is -0.139. The quantitative estimate of drug-likeness (QED) is 0.453. The zero-order chi connectivity index (χ0) is 22.7. The van der Waals surface area contributed by atoms with Crippen molar-refractivity contribution in [2.24, 2.45) is 23.2 Å². The van der Waals surface area contributed by atoms with Crippen molar-refractivity contribution < 1.29 is 14.3 Å². The first-order valence-corrected chi connectivity index (χ1v) is 11.9. The summed E-state index contributed by atoms with van der Waals surface area (Å²) in [5.74, 6) is 0.876. The molecule has 0 aromatic carbocycles. The summed E-state index contributed by atoms with van der Waals surface area (Å²) in [5, 5.41) is 14.1. The van der Waals surface area contributed by atoms with Gasteiger partial charge in [-0.15, -0.1) is 0 Å². The molecular weight excluding hydrogens is 445 g/mol. The average molecular weight is 470 g/mol. The van der Waals surface area contributed by atoms with Crippen LogP contribution < -0.4 is 5.32 Å². The summed E-state index contributed by atoms with van der Waals surface area (Å²) in [4.78, 5) is 27.8. The number of aromatic nitrogens is 4. The Labute approximate surface area is 195 Å². The van der Waals surface area contributed by atoms with Crippen LogP contribution in [0.3, 0.4) is 0 Å². The molecule has 0 aliphatic heterocycles. The number of aromatic amines is 1. The smallest absolute Gasteiger partial charge is 0.305 e. The molecule has 3 aromatic heterocycles. The molecule has 4 fully saturated rings. The summed E-state index contributed by atoms with van der Waals surface area (Å²) in [5.41, 5.74) is 1.17. The third-order valence-electron chi connectivity index (χ3n) is 8.00. The molecule has 4 aliphatic rings. The van der Waals surface area contributed by atoms with Gasteiger partial charge in [0.1, 0.15) is 5.65 Å². The molecule has 3 aromatic rings. The standard InChI is InChI=1S/C24H25ClFN5O2/c25-15-4-16-17(10-28-21(16)27-9-15)22-29-11-18(26)23(31-22)30-19(5-20(32)33)24-6-12-1-13(7-24)3-14(2-12)8-24/h4,9-14,19H,1-3,5-8H2,(H,27,28)(H,32,33)(H,29,30,31). The minimum atomic E-state index is -0.879. The maximum atomic E-state index is 14.9. The van der Waals surface area contributed by atoms with Crippen molar-refractivity contribution in [3.8, 4) is 11.4 Å². The topological polar surface area (TPSA) is 104 Å². The molecule has 0 spiro atoms. The number of carbonyl (C=O) groups is 1. The minimum absolute atomic E-state index is 0.0475. The van der Waals surface area contributed by atoms with Crippen LogP contribution in [0, 0.1) is 29.0 Å². The van der Waals surface area contributed by atoms with Gasteiger partial charge in [-0.05, 0) is 67.8 Å². The van der Waals surface area contributed by atoms with Crippen LogP contribution in [0.25, 0.3) is 22.4 Å². The SMILES string of the molecule is O=C(O)CC(Nc1nc(-c2c[nH]c3ncc(Cl)cc23)ncc1F)C12CC3CC(CC(C3)C1)C2. The van der Waals surface area contributed by atoms with E-state index in [2.05, 4.69) is 25.3 Å². The van der Waals surface area contributed by atoms with Crippen molar-refractivity contribution in [2.45, 2.75) is 51.0 Å². The molecule has 0 amide bonds. The lowest BCUT2D eigenvalue weighted by Gasteiger charge is -2.59. The van der Waals surface area contributed by atoms with Crippen LogP contribution >= 0.6 is 11.6 Å². The van der Waals surface area contributed by atoms with Gasteiger partial charge in [-0.1, -0.05) is 11.6 Å². The maximum Gasteiger partial charge on any atom is 0.305 e. The van der Waals surface area contributed by atoms with Crippen LogP contribution in [0.1, 0.15) is 44.9 Å². The molecule has 1 atom stereocenters. The van der Waals surface area contributed by atoms with Crippen LogP contribution in [-0.2, 0) is 4.79 Å². The number of H-pyrrole nitrogens is 1. The fourth-order valence-electron chi connectivity index (χ4n) is 7.13. The molecule has 7 nitrogen and oxygen atoms in total. The van der Waals surface area contributed by atoms with Crippen LogP contribution in [0.2, 0.25) is 5.02 Å². The Balaban J connectivity index is 1.36. The van der Waals surface area contributed by atoms with Gasteiger partial charge in [-0.2, -0.15) is 0 Å². The molecule has 4 aliphatic carbocycles. The lowest BCUT2D eigenvalue weighted by atomic mass is 9.47. The molecule has 1 unspecified atom stereocenters. The Morgan fingerprint density at radius 1 is 1.21 bits per heavy atom. The molecule has 3 heterocycles. The Kier molecular flexibility index (Phi) is 4.83. The third-order valence-corrected chi connectivity index (χ3v) is 8.20. The van der Waals surface area contributed by atoms with E-state index in [-0.39, 0.29) is 23.7 Å². The first-order valence-electron chi connectivity index (χ1n) is 11.5. The van der Waals surface area contributed by atoms with Gasteiger partial charge in [0.15, 0.2) is 17.5 Å². The fourth-order valence-corrected chi connectivity index (χ4v) is 7.28. The van der Waals surface area contributed by atoms with E-state index in [1.54, 1.807) is 18.5 Å². The van der Waals surface area contributed by atoms with Crippen molar-refractivity contribution in [2.75, 3.05) is 5.32 Å². The zero-order valence-electron chi connectivity index (χ0n) is 18.0. The van der Waals surface area contributed by atoms with Gasteiger partial charge in [-0.25, -0.2) is 19.3 Å². The first-order chi connectivity index (χ1) is 15.9. The van der Waals surface area contributed by atoms with Crippen molar-refractivity contribution in [3.63, 3.8) is 0 Å². The van der Waals surface area contributed by atoms with E-state index in [9.17, 15) is 14.3 Å². The maximum absolute atomic E-state index is 14.9. The van der Waals surface area contributed by atoms with Crippen molar-refractivity contribution in [1.29, 1.82) is 0 Å². The highest BCUT2D eigenvalue weighted by Crippen LogP contribution is 2.62. The summed E-state index contributed by atoms with van der Waals surface area (Å²) < 4.78 is 14.9. The predicted molar refractivity (Wildman–Crippen MR) is 122 cm³/mol. The number of rotatable bonds is 6. The predicted octanol–water partition coefficient (Wildman–Crippen LogP) is 5.28. The van der Waals surface area contributed by atoms with Crippen LogP contribution in [0.15, 0.2) is 24.7 Å². The number of anilines is 1. The second kappa shape index (κ2) is 7.65. The van der Waals surface area contributed by atoms with Gasteiger partial charge < -0.3 is 15.4 Å². The van der Waals surface area contributed by atoms with Gasteiger partial charge in [0.05, 0.1) is 17.6 Å². The largest absolute Gasteiger partial charge is 0.481 e. The van der Waals surface area contributed by atoms with E-state index >= 15 is 0 Å². The highest BCUT2D eigenvalue weighted by Gasteiger charge is 2.54. The molecule has 3 N–H and O–H groups in total. The third kappa shape index (κ3) is 3.64. The second-order valence-corrected chi connectivity index (χ2v) is 10.7. The minimum Gasteiger partial charge on any atom is -0.481 e. The van der Waals surface area contributed by atoms with Gasteiger partial charge >= 0.3 is 5.97 Å². The van der Waals surface area contributed by atoms with Crippen molar-refractivity contribution in [1.82, 2.24) is 19.9 Å². The Hall–Kier alpha value is -2.74. The zero-order valence-corrected chi connectivity index (χ0v) is 18.8. The van der Waals surface area contributed by atoms with Gasteiger partial charge in [-0.3, -0.25) is 4.79 Å². The monoisotopic (exact) mass is 469 g/mol. The van der Waals surface area contributed by atoms with Gasteiger partial charge in [0.25, 0.3) is 0 Å². The van der Waals surface area contributed by atoms with E-state index in [0.29, 0.717) is 39.8 Å². The Morgan fingerprint density at radius 3 is 2.58 bits per heavy atom. The molecule has 4 saturated carbocycles. The normalized spacial score (nSPS) is 28.8. The van der Waals surface area contributed by atoms with E-state index < -0.39 is 11.8 Å². The molecular formula is C24H25ClFN5O2. The van der Waals surface area contributed by atoms with Crippen LogP contribution in [0.5, 0.6) is 0 Å². The number of carboxylic acids is 1. The van der Waals surface area contributed by atoms with E-state index in [4.69, 9.17) is 11.6 Å². The highest BCUT2D eigenvalue weighted by molar-refractivity contribution is 6.31. The van der Waals surface area contributed by atoms with E-state index in [1.165, 1.54) is 19.3 Å². The molecule has 4 bridgehead atoms. The van der Waals surface area contributed by atoms with Crippen molar-refractivity contribution >= 4 is 34.4 Å². The number of hydrogen-bond acceptors (Lipinski definition) is 5. The van der Waals surface area contributed by atoms with Crippen LogP contribution in [-0.4, -0.2) is 37.1 Å². The summed E-state index contributed by atoms with van der Waals surface area (Å²) >= 11 is 6.11. The number of nitrogens with one attached hydrogen (secondary N) is 2. The molecule has 33 heavy (non-hydrogen) atoms. The average Bonchev–Trinajstić information content (AvgIpc) is 3.16. The summed E-state index contributed by atoms with van der Waals surface area (Å²) in [6.45, 7) is 0. The van der Waals surface area contributed by atoms with Crippen molar-refractivity contribution in [3.05, 3.63) is 35.5 Å². The fraction of sp³-hybridized carbons (Fsp3) is 0.500. The number of halogens is 2. The summed E-state index contributed by atoms with van der Waals surface area (Å²) in [6, 6.07) is 1.39. The van der Waals surface area contributed by atoms with Crippen LogP contribution in [0.4, 0.5) is 10.2 Å². The number of aliphatic carboxylic acids is 1. The number of hydrogen-bond donors (Lipinski definition) is 3. The Bertz CT molecular complexity index is 1210. The molecule has 172 valence electrons. The van der Waals surface area contributed by atoms with Gasteiger partial charge in [0.2, 0.25) is 0 Å². The second-order valence-electron chi connectivity index (χ2n) is 10.2. The number of nitrogens with zero attached hydrogens (tertiary/aromatic N) is 3. The highest BCUT2D eigenvalue weighted by atomic mass is 35.5. The number of fused-ring (bicyclic) bond motifs is 1. The number of pyridine rings is 1. The summed E-state index contributed by atoms with van der Waals surface area (Å²) in [6.07, 6.45) is 11.1. The molecule has 7 rings (SSSR count). The first kappa shape index (κ1) is 20.8. The Morgan fingerprint density at radius 2 is 1.91 bits per heavy atom. The summed E-state index contributed by atoms with van der Waals surface area (Å²) in [7, 11) is 0. The molecule has 9 heteroatoms. The number of carboxylic acid groups (broad SMARTS) is 1. The molecule has 0 radical (unpaired) electrons.